The van der Waals surface area contributed by atoms with Crippen LogP contribution in [-0.2, 0) is 6.54 Å². The van der Waals surface area contributed by atoms with E-state index in [4.69, 9.17) is 0 Å². The third-order valence-electron chi connectivity index (χ3n) is 3.80. The molecule has 0 amide bonds. The van der Waals surface area contributed by atoms with Gasteiger partial charge in [-0.3, -0.25) is 4.99 Å². The fourth-order valence-corrected chi connectivity index (χ4v) is 3.65. The van der Waals surface area contributed by atoms with E-state index in [2.05, 4.69) is 65.1 Å². The lowest BCUT2D eigenvalue weighted by molar-refractivity contribution is 0.408. The highest BCUT2D eigenvalue weighted by Crippen LogP contribution is 2.21. The minimum Gasteiger partial charge on any atom is -0.352 e. The first kappa shape index (κ1) is 18.6. The third kappa shape index (κ3) is 5.36. The van der Waals surface area contributed by atoms with E-state index in [1.54, 1.807) is 0 Å². The summed E-state index contributed by atoms with van der Waals surface area (Å²) in [5.74, 6) is 2.23. The summed E-state index contributed by atoms with van der Waals surface area (Å²) in [6.07, 6.45) is 1.23. The van der Waals surface area contributed by atoms with Gasteiger partial charge in [0.05, 0.1) is 0 Å². The van der Waals surface area contributed by atoms with Crippen molar-refractivity contribution in [2.75, 3.05) is 25.9 Å². The lowest BCUT2D eigenvalue weighted by Crippen LogP contribution is -2.47. The van der Waals surface area contributed by atoms with Crippen LogP contribution in [0.4, 0.5) is 0 Å². The number of aryl methyl sites for hydroxylation is 1. The Labute approximate surface area is 150 Å². The molecule has 1 N–H and O–H groups in total. The first-order chi connectivity index (χ1) is 9.74. The van der Waals surface area contributed by atoms with E-state index < -0.39 is 0 Å². The Morgan fingerprint density at radius 1 is 1.43 bits per heavy atom. The lowest BCUT2D eigenvalue weighted by atomic mass is 10.1. The molecule has 1 heterocycles. The number of guanidine groups is 1. The van der Waals surface area contributed by atoms with E-state index in [1.165, 1.54) is 23.3 Å². The summed E-state index contributed by atoms with van der Waals surface area (Å²) in [7, 11) is 1.88. The number of rotatable bonds is 3. The summed E-state index contributed by atoms with van der Waals surface area (Å²) >= 11 is 2.09. The zero-order valence-corrected chi connectivity index (χ0v) is 16.3. The molecule has 0 aromatic heterocycles. The van der Waals surface area contributed by atoms with Crippen LogP contribution < -0.4 is 5.32 Å². The van der Waals surface area contributed by atoms with Gasteiger partial charge in [0.2, 0.25) is 0 Å². The Morgan fingerprint density at radius 3 is 2.86 bits per heavy atom. The molecule has 1 aromatic rings. The maximum atomic E-state index is 4.45. The molecule has 0 spiro atoms. The minimum atomic E-state index is 0. The summed E-state index contributed by atoms with van der Waals surface area (Å²) in [5, 5.41) is 4.24. The molecule has 1 fully saturated rings. The second kappa shape index (κ2) is 9.56. The maximum Gasteiger partial charge on any atom is 0.193 e. The molecule has 0 saturated carbocycles. The molecule has 0 bridgehead atoms. The topological polar surface area (TPSA) is 27.6 Å². The van der Waals surface area contributed by atoms with Crippen molar-refractivity contribution in [1.82, 2.24) is 10.2 Å². The van der Waals surface area contributed by atoms with E-state index in [0.717, 1.165) is 30.8 Å². The van der Waals surface area contributed by atoms with Gasteiger partial charge in [0.1, 0.15) is 0 Å². The van der Waals surface area contributed by atoms with Crippen LogP contribution in [-0.4, -0.2) is 42.0 Å². The molecule has 0 radical (unpaired) electrons. The van der Waals surface area contributed by atoms with Crippen molar-refractivity contribution in [3.63, 3.8) is 0 Å². The molecule has 0 aliphatic carbocycles. The zero-order chi connectivity index (χ0) is 14.4. The van der Waals surface area contributed by atoms with Crippen molar-refractivity contribution in [1.29, 1.82) is 0 Å². The fraction of sp³-hybridized carbons (Fsp3) is 0.562. The molecule has 118 valence electrons. The molecule has 2 rings (SSSR count). The quantitative estimate of drug-likeness (QED) is 0.462. The SMILES string of the molecule is CCC1CN(C(=NC)NCc2ccccc2C)CCS1.I. The first-order valence-electron chi connectivity index (χ1n) is 7.36. The number of thioether (sulfide) groups is 1. The molecule has 21 heavy (non-hydrogen) atoms. The van der Waals surface area contributed by atoms with Crippen LogP contribution in [0.1, 0.15) is 24.5 Å². The van der Waals surface area contributed by atoms with Gasteiger partial charge >= 0.3 is 0 Å². The van der Waals surface area contributed by atoms with Crippen LogP contribution in [0.3, 0.4) is 0 Å². The Hall–Kier alpha value is -0.430. The number of nitrogens with zero attached hydrogens (tertiary/aromatic N) is 2. The highest BCUT2D eigenvalue weighted by atomic mass is 127. The Bertz CT molecular complexity index is 465. The largest absolute Gasteiger partial charge is 0.352 e. The highest BCUT2D eigenvalue weighted by molar-refractivity contribution is 14.0. The summed E-state index contributed by atoms with van der Waals surface area (Å²) in [6, 6.07) is 8.51. The van der Waals surface area contributed by atoms with Crippen molar-refractivity contribution in [3.8, 4) is 0 Å². The van der Waals surface area contributed by atoms with Crippen LogP contribution >= 0.6 is 35.7 Å². The first-order valence-corrected chi connectivity index (χ1v) is 8.41. The second-order valence-electron chi connectivity index (χ2n) is 5.17. The van der Waals surface area contributed by atoms with E-state index >= 15 is 0 Å². The van der Waals surface area contributed by atoms with Crippen LogP contribution in [0.5, 0.6) is 0 Å². The summed E-state index contributed by atoms with van der Waals surface area (Å²) < 4.78 is 0. The molecule has 1 atom stereocenters. The monoisotopic (exact) mass is 419 g/mol. The van der Waals surface area contributed by atoms with Crippen molar-refractivity contribution in [3.05, 3.63) is 35.4 Å². The highest BCUT2D eigenvalue weighted by Gasteiger charge is 2.21. The predicted molar refractivity (Wildman–Crippen MR) is 105 cm³/mol. The van der Waals surface area contributed by atoms with Crippen molar-refractivity contribution >= 4 is 41.7 Å². The molecular weight excluding hydrogens is 393 g/mol. The van der Waals surface area contributed by atoms with Gasteiger partial charge in [0.25, 0.3) is 0 Å². The molecule has 1 aromatic carbocycles. The van der Waals surface area contributed by atoms with Crippen LogP contribution in [0.2, 0.25) is 0 Å². The smallest absolute Gasteiger partial charge is 0.193 e. The van der Waals surface area contributed by atoms with Gasteiger partial charge in [0.15, 0.2) is 5.96 Å². The molecule has 1 aliphatic heterocycles. The number of hydrogen-bond acceptors (Lipinski definition) is 2. The normalized spacial score (nSPS) is 19.1. The average molecular weight is 419 g/mol. The number of aliphatic imine (C=N–C) groups is 1. The number of hydrogen-bond donors (Lipinski definition) is 1. The van der Waals surface area contributed by atoms with Gasteiger partial charge in [-0.25, -0.2) is 0 Å². The standard InChI is InChI=1S/C16H25N3S.HI/c1-4-15-12-19(9-10-20-15)16(17-3)18-11-14-8-6-5-7-13(14)2;/h5-8,15H,4,9-12H2,1-3H3,(H,17,18);1H. The van der Waals surface area contributed by atoms with Gasteiger partial charge in [-0.1, -0.05) is 31.2 Å². The van der Waals surface area contributed by atoms with E-state index in [1.807, 2.05) is 7.05 Å². The van der Waals surface area contributed by atoms with Gasteiger partial charge in [-0.15, -0.1) is 24.0 Å². The van der Waals surface area contributed by atoms with Gasteiger partial charge < -0.3 is 10.2 Å². The van der Waals surface area contributed by atoms with Crippen molar-refractivity contribution < 1.29 is 0 Å². The summed E-state index contributed by atoms with van der Waals surface area (Å²) in [6.45, 7) is 7.47. The Kier molecular flexibility index (Phi) is 8.48. The Balaban J connectivity index is 0.00000220. The van der Waals surface area contributed by atoms with Crippen LogP contribution in [0.15, 0.2) is 29.3 Å². The van der Waals surface area contributed by atoms with E-state index in [9.17, 15) is 0 Å². The van der Waals surface area contributed by atoms with E-state index in [0.29, 0.717) is 0 Å². The molecular formula is C16H26IN3S. The number of nitrogens with one attached hydrogen (secondary N) is 1. The molecule has 5 heteroatoms. The second-order valence-corrected chi connectivity index (χ2v) is 6.58. The van der Waals surface area contributed by atoms with Crippen LogP contribution in [0, 0.1) is 6.92 Å². The maximum absolute atomic E-state index is 4.45. The van der Waals surface area contributed by atoms with Crippen LogP contribution in [0.25, 0.3) is 0 Å². The number of benzene rings is 1. The molecule has 3 nitrogen and oxygen atoms in total. The molecule has 1 aliphatic rings. The predicted octanol–water partition coefficient (Wildman–Crippen LogP) is 3.52. The zero-order valence-electron chi connectivity index (χ0n) is 13.1. The van der Waals surface area contributed by atoms with Crippen molar-refractivity contribution in [2.45, 2.75) is 32.1 Å². The minimum absolute atomic E-state index is 0. The van der Waals surface area contributed by atoms with Gasteiger partial charge in [-0.05, 0) is 24.5 Å². The molecule has 1 saturated heterocycles. The van der Waals surface area contributed by atoms with Gasteiger partial charge in [0, 0.05) is 37.7 Å². The third-order valence-corrected chi connectivity index (χ3v) is 5.18. The lowest BCUT2D eigenvalue weighted by Gasteiger charge is -2.34. The molecule has 1 unspecified atom stereocenters. The van der Waals surface area contributed by atoms with Crippen molar-refractivity contribution in [2.24, 2.45) is 4.99 Å². The number of halogens is 1. The fourth-order valence-electron chi connectivity index (χ4n) is 2.47. The van der Waals surface area contributed by atoms with Gasteiger partial charge in [-0.2, -0.15) is 11.8 Å². The summed E-state index contributed by atoms with van der Waals surface area (Å²) in [4.78, 5) is 6.84. The van der Waals surface area contributed by atoms with E-state index in [-0.39, 0.29) is 24.0 Å². The average Bonchev–Trinajstić information content (AvgIpc) is 2.50. The Morgan fingerprint density at radius 2 is 2.19 bits per heavy atom. The summed E-state index contributed by atoms with van der Waals surface area (Å²) in [5.41, 5.74) is 2.67.